The molecule has 0 saturated heterocycles. The van der Waals surface area contributed by atoms with Crippen molar-refractivity contribution in [3.8, 4) is 22.6 Å². The van der Waals surface area contributed by atoms with Crippen molar-refractivity contribution < 1.29 is 4.74 Å². The molecule has 7 nitrogen and oxygen atoms in total. The molecule has 0 saturated carbocycles. The number of nitrogens with one attached hydrogen (secondary N) is 1. The van der Waals surface area contributed by atoms with Crippen molar-refractivity contribution in [3.63, 3.8) is 0 Å². The highest BCUT2D eigenvalue weighted by Crippen LogP contribution is 2.43. The van der Waals surface area contributed by atoms with E-state index in [0.717, 1.165) is 44.2 Å². The number of nitrogens with zero attached hydrogens (tertiary/aromatic N) is 3. The predicted molar refractivity (Wildman–Crippen MR) is 147 cm³/mol. The molecule has 2 aromatic heterocycles. The molecule has 0 fully saturated rings. The van der Waals surface area contributed by atoms with Gasteiger partial charge < -0.3 is 9.64 Å². The number of thiazole rings is 1. The van der Waals surface area contributed by atoms with Gasteiger partial charge in [-0.15, -0.1) is 0 Å². The lowest BCUT2D eigenvalue weighted by atomic mass is 9.83. The first-order valence-corrected chi connectivity index (χ1v) is 12.8. The molecule has 3 heterocycles. The largest absolute Gasteiger partial charge is 0.496 e. The Labute approximate surface area is 213 Å². The van der Waals surface area contributed by atoms with Crippen LogP contribution < -0.4 is 20.9 Å². The maximum Gasteiger partial charge on any atom is 0.332 e. The van der Waals surface area contributed by atoms with Crippen LogP contribution in [0.4, 0.5) is 5.13 Å². The van der Waals surface area contributed by atoms with E-state index in [9.17, 15) is 9.59 Å². The number of H-pyrrole nitrogens is 1. The Morgan fingerprint density at radius 2 is 1.92 bits per heavy atom. The summed E-state index contributed by atoms with van der Waals surface area (Å²) < 4.78 is 8.49. The van der Waals surface area contributed by atoms with Gasteiger partial charge in [0, 0.05) is 35.1 Å². The smallest absolute Gasteiger partial charge is 0.332 e. The third-order valence-electron chi connectivity index (χ3n) is 6.66. The Kier molecular flexibility index (Phi) is 5.87. The molecule has 0 spiro atoms. The average Bonchev–Trinajstić information content (AvgIpc) is 3.38. The van der Waals surface area contributed by atoms with Crippen LogP contribution in [0, 0.1) is 0 Å². The number of hydrogen-bond donors (Lipinski definition) is 1. The number of ether oxygens (including phenoxy) is 1. The van der Waals surface area contributed by atoms with Gasteiger partial charge in [-0.2, -0.15) is 0 Å². The molecule has 1 N–H and O–H groups in total. The Morgan fingerprint density at radius 1 is 1.14 bits per heavy atom. The minimum Gasteiger partial charge on any atom is -0.496 e. The molecule has 0 radical (unpaired) electrons. The van der Waals surface area contributed by atoms with Crippen LogP contribution in [-0.2, 0) is 5.41 Å². The second kappa shape index (κ2) is 8.78. The maximum absolute atomic E-state index is 12.6. The average molecular weight is 503 g/mol. The number of hydrogen-bond acceptors (Lipinski definition) is 6. The van der Waals surface area contributed by atoms with E-state index in [1.165, 1.54) is 22.5 Å². The van der Waals surface area contributed by atoms with Crippen LogP contribution in [0.3, 0.4) is 0 Å². The Morgan fingerprint density at radius 3 is 2.56 bits per heavy atom. The first-order chi connectivity index (χ1) is 17.1. The molecule has 5 rings (SSSR count). The molecule has 4 aromatic rings. The summed E-state index contributed by atoms with van der Waals surface area (Å²) in [7, 11) is 1.67. The molecule has 36 heavy (non-hydrogen) atoms. The van der Waals surface area contributed by atoms with Crippen molar-refractivity contribution in [1.82, 2.24) is 14.5 Å². The lowest BCUT2D eigenvalue weighted by Crippen LogP contribution is -2.27. The molecule has 0 aliphatic carbocycles. The zero-order chi connectivity index (χ0) is 25.8. The number of fused-ring (bicyclic) bond motifs is 1. The van der Waals surface area contributed by atoms with E-state index >= 15 is 0 Å². The van der Waals surface area contributed by atoms with Gasteiger partial charge in [0.2, 0.25) is 0 Å². The third kappa shape index (κ3) is 4.15. The minimum absolute atomic E-state index is 0.251. The van der Waals surface area contributed by atoms with Gasteiger partial charge in [-0.3, -0.25) is 14.3 Å². The van der Waals surface area contributed by atoms with Crippen LogP contribution in [0.5, 0.6) is 5.75 Å². The van der Waals surface area contributed by atoms with E-state index < -0.39 is 11.2 Å². The molecule has 0 unspecified atom stereocenters. The van der Waals surface area contributed by atoms with Gasteiger partial charge in [-0.1, -0.05) is 44.3 Å². The first kappa shape index (κ1) is 24.1. The summed E-state index contributed by atoms with van der Waals surface area (Å²) in [5, 5.41) is 0.997. The molecule has 186 valence electrons. The fourth-order valence-electron chi connectivity index (χ4n) is 4.78. The summed E-state index contributed by atoms with van der Waals surface area (Å²) in [5.41, 5.74) is 4.50. The van der Waals surface area contributed by atoms with Gasteiger partial charge in [0.1, 0.15) is 5.75 Å². The van der Waals surface area contributed by atoms with E-state index in [0.29, 0.717) is 11.7 Å². The number of aromatic nitrogens is 3. The molecular formula is C28H30N4O3S. The van der Waals surface area contributed by atoms with Crippen LogP contribution in [0.25, 0.3) is 27.0 Å². The third-order valence-corrected chi connectivity index (χ3v) is 7.67. The predicted octanol–water partition coefficient (Wildman–Crippen LogP) is 5.61. The van der Waals surface area contributed by atoms with Gasteiger partial charge >= 0.3 is 5.69 Å². The highest BCUT2D eigenvalue weighted by atomic mass is 32.1. The van der Waals surface area contributed by atoms with Crippen LogP contribution in [0.2, 0.25) is 0 Å². The molecule has 1 aliphatic rings. The zero-order valence-corrected chi connectivity index (χ0v) is 22.2. The second-order valence-corrected chi connectivity index (χ2v) is 11.3. The summed E-state index contributed by atoms with van der Waals surface area (Å²) in [6, 6.07) is 11.9. The van der Waals surface area contributed by atoms with Crippen LogP contribution in [0.1, 0.15) is 46.6 Å². The van der Waals surface area contributed by atoms with Crippen molar-refractivity contribution in [1.29, 1.82) is 0 Å². The molecule has 8 heteroatoms. The summed E-state index contributed by atoms with van der Waals surface area (Å²) >= 11 is 1.68. The van der Waals surface area contributed by atoms with Crippen LogP contribution >= 0.6 is 11.3 Å². The lowest BCUT2D eigenvalue weighted by Gasteiger charge is -2.25. The normalized spacial score (nSPS) is 16.0. The highest BCUT2D eigenvalue weighted by molar-refractivity contribution is 7.22. The van der Waals surface area contributed by atoms with Crippen molar-refractivity contribution >= 4 is 26.7 Å². The van der Waals surface area contributed by atoms with E-state index in [1.807, 2.05) is 24.3 Å². The molecule has 0 amide bonds. The topological polar surface area (TPSA) is 80.2 Å². The van der Waals surface area contributed by atoms with E-state index in [-0.39, 0.29) is 5.41 Å². The maximum atomic E-state index is 12.6. The van der Waals surface area contributed by atoms with Crippen molar-refractivity contribution in [2.24, 2.45) is 0 Å². The number of aromatic amines is 1. The summed E-state index contributed by atoms with van der Waals surface area (Å²) in [5.74, 6) is 0.764. The minimum atomic E-state index is -0.482. The second-order valence-electron chi connectivity index (χ2n) is 10.3. The fraction of sp³-hybridized carbons (Fsp3) is 0.321. The summed E-state index contributed by atoms with van der Waals surface area (Å²) in [6.45, 7) is 10.7. The lowest BCUT2D eigenvalue weighted by molar-refractivity contribution is 0.399. The monoisotopic (exact) mass is 502 g/mol. The number of methoxy groups -OCH3 is 1. The standard InChI is InChI=1S/C28H30N4O3S/c1-16-7-8-17(2)32(16)27-29-22-10-9-18(13-23(22)36-27)20-14-19(31-12-11-24(33)30-26(31)34)15-21(25(20)35-6)28(3,4)5/h7,9-15,17H,8H2,1-6H3,(H,30,33,34)/t17-/m1/s1. The van der Waals surface area contributed by atoms with Gasteiger partial charge in [-0.25, -0.2) is 9.78 Å². The Hall–Kier alpha value is -3.65. The molecule has 2 aromatic carbocycles. The molecular weight excluding hydrogens is 472 g/mol. The van der Waals surface area contributed by atoms with Crippen LogP contribution in [0.15, 0.2) is 64.0 Å². The van der Waals surface area contributed by atoms with Gasteiger partial charge in [0.05, 0.1) is 23.0 Å². The number of rotatable bonds is 4. The fourth-order valence-corrected chi connectivity index (χ4v) is 5.95. The summed E-state index contributed by atoms with van der Waals surface area (Å²) in [4.78, 5) is 33.8. The molecule has 1 aliphatic heterocycles. The first-order valence-electron chi connectivity index (χ1n) is 12.0. The van der Waals surface area contributed by atoms with Crippen molar-refractivity contribution in [3.05, 3.63) is 80.8 Å². The zero-order valence-electron chi connectivity index (χ0n) is 21.4. The Balaban J connectivity index is 1.70. The van der Waals surface area contributed by atoms with Gasteiger partial charge in [-0.05, 0) is 55.5 Å². The van der Waals surface area contributed by atoms with Crippen molar-refractivity contribution in [2.75, 3.05) is 12.0 Å². The SMILES string of the molecule is COc1c(-c2ccc3nc(N4C(C)=CC[C@H]4C)sc3c2)cc(-n2ccc(=O)[nH]c2=O)cc1C(C)(C)C. The van der Waals surface area contributed by atoms with Crippen LogP contribution in [-0.4, -0.2) is 27.7 Å². The molecule has 1 atom stereocenters. The summed E-state index contributed by atoms with van der Waals surface area (Å²) in [6.07, 6.45) is 4.78. The van der Waals surface area contributed by atoms with E-state index in [2.05, 4.69) is 56.6 Å². The number of benzene rings is 2. The van der Waals surface area contributed by atoms with Gasteiger partial charge in [0.25, 0.3) is 5.56 Å². The Bertz CT molecular complexity index is 1620. The van der Waals surface area contributed by atoms with E-state index in [1.54, 1.807) is 18.4 Å². The number of allylic oxidation sites excluding steroid dienone is 1. The quantitative estimate of drug-likeness (QED) is 0.392. The van der Waals surface area contributed by atoms with E-state index in [4.69, 9.17) is 9.72 Å². The number of anilines is 1. The molecule has 0 bridgehead atoms. The highest BCUT2D eigenvalue weighted by Gasteiger charge is 2.26. The van der Waals surface area contributed by atoms with Gasteiger partial charge in [0.15, 0.2) is 5.13 Å². The van der Waals surface area contributed by atoms with Crippen molar-refractivity contribution in [2.45, 2.75) is 52.5 Å².